The zero-order valence-electron chi connectivity index (χ0n) is 10.5. The molecule has 0 aromatic heterocycles. The summed E-state index contributed by atoms with van der Waals surface area (Å²) < 4.78 is 0. The molecule has 88 valence electrons. The minimum Gasteiger partial charge on any atom is -0.316 e. The van der Waals surface area contributed by atoms with Crippen molar-refractivity contribution in [1.82, 2.24) is 10.6 Å². The fourth-order valence-electron chi connectivity index (χ4n) is 3.21. The molecule has 0 unspecified atom stereocenters. The van der Waals surface area contributed by atoms with Crippen molar-refractivity contribution in [3.05, 3.63) is 0 Å². The van der Waals surface area contributed by atoms with Gasteiger partial charge in [-0.3, -0.25) is 0 Å². The molecule has 2 rings (SSSR count). The van der Waals surface area contributed by atoms with Gasteiger partial charge >= 0.3 is 0 Å². The van der Waals surface area contributed by atoms with Gasteiger partial charge in [0, 0.05) is 18.1 Å². The highest BCUT2D eigenvalue weighted by atomic mass is 15.0. The summed E-state index contributed by atoms with van der Waals surface area (Å²) in [7, 11) is 0. The van der Waals surface area contributed by atoms with Gasteiger partial charge < -0.3 is 10.6 Å². The molecule has 1 aliphatic carbocycles. The molecule has 1 spiro atoms. The third-order valence-electron chi connectivity index (χ3n) is 4.02. The van der Waals surface area contributed by atoms with E-state index in [0.717, 1.165) is 6.04 Å². The van der Waals surface area contributed by atoms with Crippen LogP contribution in [0.5, 0.6) is 0 Å². The molecule has 0 atom stereocenters. The van der Waals surface area contributed by atoms with E-state index in [1.54, 1.807) is 0 Å². The average molecular weight is 210 g/mol. The van der Waals surface area contributed by atoms with Crippen molar-refractivity contribution in [3.63, 3.8) is 0 Å². The average Bonchev–Trinajstić information content (AvgIpc) is 2.56. The molecule has 1 saturated heterocycles. The van der Waals surface area contributed by atoms with Gasteiger partial charge in [0.2, 0.25) is 0 Å². The largest absolute Gasteiger partial charge is 0.316 e. The summed E-state index contributed by atoms with van der Waals surface area (Å²) >= 11 is 0. The first-order valence-electron chi connectivity index (χ1n) is 6.48. The predicted octanol–water partition coefficient (Wildman–Crippen LogP) is 2.30. The molecule has 0 amide bonds. The van der Waals surface area contributed by atoms with Crippen LogP contribution in [-0.4, -0.2) is 24.7 Å². The van der Waals surface area contributed by atoms with Crippen molar-refractivity contribution in [1.29, 1.82) is 0 Å². The zero-order chi connectivity index (χ0) is 10.9. The van der Waals surface area contributed by atoms with E-state index >= 15 is 0 Å². The van der Waals surface area contributed by atoms with E-state index in [1.807, 2.05) is 0 Å². The Labute approximate surface area is 94.2 Å². The summed E-state index contributed by atoms with van der Waals surface area (Å²) in [6.07, 6.45) is 7.01. The molecular weight excluding hydrogens is 184 g/mol. The number of rotatable bonds is 1. The molecule has 1 aliphatic heterocycles. The summed E-state index contributed by atoms with van der Waals surface area (Å²) in [5.41, 5.74) is 0.958. The lowest BCUT2D eigenvalue weighted by molar-refractivity contribution is 0.168. The second-order valence-electron chi connectivity index (χ2n) is 6.60. The van der Waals surface area contributed by atoms with Crippen molar-refractivity contribution in [2.75, 3.05) is 13.1 Å². The molecule has 2 fully saturated rings. The molecule has 2 nitrogen and oxygen atoms in total. The fourth-order valence-corrected chi connectivity index (χ4v) is 3.21. The van der Waals surface area contributed by atoms with Gasteiger partial charge in [-0.1, -0.05) is 0 Å². The molecule has 0 bridgehead atoms. The van der Waals surface area contributed by atoms with Gasteiger partial charge in [-0.15, -0.1) is 0 Å². The molecule has 15 heavy (non-hydrogen) atoms. The maximum Gasteiger partial charge on any atom is 0.00990 e. The second kappa shape index (κ2) is 4.06. The van der Waals surface area contributed by atoms with E-state index in [-0.39, 0.29) is 5.54 Å². The standard InChI is InChI=1S/C13H26N2/c1-12(2,3)15-11-4-6-13(7-5-11)8-9-14-10-13/h11,14-15H,4-10H2,1-3H3. The summed E-state index contributed by atoms with van der Waals surface area (Å²) in [5.74, 6) is 0. The van der Waals surface area contributed by atoms with E-state index in [2.05, 4.69) is 31.4 Å². The van der Waals surface area contributed by atoms with Crippen molar-refractivity contribution < 1.29 is 0 Å². The van der Waals surface area contributed by atoms with Gasteiger partial charge in [0.25, 0.3) is 0 Å². The van der Waals surface area contributed by atoms with Gasteiger partial charge in [-0.05, 0) is 64.8 Å². The van der Waals surface area contributed by atoms with Crippen LogP contribution in [0.25, 0.3) is 0 Å². The molecular formula is C13H26N2. The SMILES string of the molecule is CC(C)(C)NC1CCC2(CCNC2)CC1. The molecule has 0 radical (unpaired) electrons. The molecule has 2 N–H and O–H groups in total. The lowest BCUT2D eigenvalue weighted by Crippen LogP contribution is -2.47. The van der Waals surface area contributed by atoms with Gasteiger partial charge in [-0.2, -0.15) is 0 Å². The first-order chi connectivity index (χ1) is 6.99. The molecule has 0 aromatic carbocycles. The lowest BCUT2D eigenvalue weighted by atomic mass is 9.72. The van der Waals surface area contributed by atoms with E-state index in [9.17, 15) is 0 Å². The number of hydrogen-bond donors (Lipinski definition) is 2. The maximum absolute atomic E-state index is 3.74. The second-order valence-corrected chi connectivity index (χ2v) is 6.60. The lowest BCUT2D eigenvalue weighted by Gasteiger charge is -2.39. The van der Waals surface area contributed by atoms with Crippen molar-refractivity contribution in [2.45, 2.75) is 64.5 Å². The van der Waals surface area contributed by atoms with Gasteiger partial charge in [0.15, 0.2) is 0 Å². The van der Waals surface area contributed by atoms with Crippen molar-refractivity contribution in [3.8, 4) is 0 Å². The summed E-state index contributed by atoms with van der Waals surface area (Å²) in [4.78, 5) is 0. The Morgan fingerprint density at radius 2 is 1.80 bits per heavy atom. The van der Waals surface area contributed by atoms with Crippen LogP contribution < -0.4 is 10.6 Å². The quantitative estimate of drug-likeness (QED) is 0.694. The van der Waals surface area contributed by atoms with E-state index in [1.165, 1.54) is 45.2 Å². The van der Waals surface area contributed by atoms with Crippen LogP contribution in [-0.2, 0) is 0 Å². The first-order valence-corrected chi connectivity index (χ1v) is 6.48. The highest BCUT2D eigenvalue weighted by Crippen LogP contribution is 2.41. The highest BCUT2D eigenvalue weighted by molar-refractivity contribution is 4.94. The van der Waals surface area contributed by atoms with Gasteiger partial charge in [-0.25, -0.2) is 0 Å². The molecule has 1 heterocycles. The van der Waals surface area contributed by atoms with Crippen LogP contribution in [0, 0.1) is 5.41 Å². The monoisotopic (exact) mass is 210 g/mol. The molecule has 1 saturated carbocycles. The third-order valence-corrected chi connectivity index (χ3v) is 4.02. The Bertz CT molecular complexity index is 201. The normalized spacial score (nSPS) is 37.4. The zero-order valence-corrected chi connectivity index (χ0v) is 10.5. The van der Waals surface area contributed by atoms with Crippen LogP contribution in [0.4, 0.5) is 0 Å². The Hall–Kier alpha value is -0.0800. The van der Waals surface area contributed by atoms with E-state index < -0.39 is 0 Å². The summed E-state index contributed by atoms with van der Waals surface area (Å²) in [6, 6.07) is 0.760. The smallest absolute Gasteiger partial charge is 0.00990 e. The fraction of sp³-hybridized carbons (Fsp3) is 1.00. The highest BCUT2D eigenvalue weighted by Gasteiger charge is 2.37. The Balaban J connectivity index is 1.81. The Morgan fingerprint density at radius 1 is 1.13 bits per heavy atom. The minimum atomic E-state index is 0.281. The summed E-state index contributed by atoms with van der Waals surface area (Å²) in [6.45, 7) is 9.34. The van der Waals surface area contributed by atoms with Gasteiger partial charge in [0.05, 0.1) is 0 Å². The molecule has 2 aliphatic rings. The minimum absolute atomic E-state index is 0.281. The topological polar surface area (TPSA) is 24.1 Å². The van der Waals surface area contributed by atoms with Crippen LogP contribution in [0.2, 0.25) is 0 Å². The Kier molecular flexibility index (Phi) is 3.09. The summed E-state index contributed by atoms with van der Waals surface area (Å²) in [5, 5.41) is 7.27. The van der Waals surface area contributed by atoms with Gasteiger partial charge in [0.1, 0.15) is 0 Å². The van der Waals surface area contributed by atoms with E-state index in [0.29, 0.717) is 5.41 Å². The predicted molar refractivity (Wildman–Crippen MR) is 65.1 cm³/mol. The van der Waals surface area contributed by atoms with Crippen molar-refractivity contribution >= 4 is 0 Å². The van der Waals surface area contributed by atoms with Crippen LogP contribution in [0.15, 0.2) is 0 Å². The Morgan fingerprint density at radius 3 is 2.27 bits per heavy atom. The molecule has 0 aromatic rings. The first kappa shape index (κ1) is 11.4. The number of hydrogen-bond acceptors (Lipinski definition) is 2. The van der Waals surface area contributed by atoms with Crippen molar-refractivity contribution in [2.24, 2.45) is 5.41 Å². The molecule has 2 heteroatoms. The van der Waals surface area contributed by atoms with Crippen LogP contribution >= 0.6 is 0 Å². The number of nitrogens with one attached hydrogen (secondary N) is 2. The van der Waals surface area contributed by atoms with Crippen LogP contribution in [0.1, 0.15) is 52.9 Å². The van der Waals surface area contributed by atoms with E-state index in [4.69, 9.17) is 0 Å². The third kappa shape index (κ3) is 2.94. The van der Waals surface area contributed by atoms with Crippen LogP contribution in [0.3, 0.4) is 0 Å². The maximum atomic E-state index is 3.74.